The highest BCUT2D eigenvalue weighted by Crippen LogP contribution is 2.33. The molecule has 1 aromatic carbocycles. The molecule has 0 amide bonds. The zero-order valence-electron chi connectivity index (χ0n) is 17.8. The number of alkyl halides is 1. The molecule has 150 valence electrons. The number of rotatable bonds is 16. The second kappa shape index (κ2) is 14.9. The van der Waals surface area contributed by atoms with E-state index in [-0.39, 0.29) is 3.42 Å². The smallest absolute Gasteiger partial charge is 0.0416 e. The predicted octanol–water partition coefficient (Wildman–Crippen LogP) is 9.38. The van der Waals surface area contributed by atoms with E-state index in [1.165, 1.54) is 102 Å². The van der Waals surface area contributed by atoms with Crippen LogP contribution in [0.25, 0.3) is 0 Å². The zero-order chi connectivity index (χ0) is 19.1. The average molecular weight is 471 g/mol. The highest BCUT2D eigenvalue weighted by molar-refractivity contribution is 14.1. The van der Waals surface area contributed by atoms with E-state index in [2.05, 4.69) is 67.6 Å². The van der Waals surface area contributed by atoms with Gasteiger partial charge in [0.05, 0.1) is 0 Å². The second-order valence-electron chi connectivity index (χ2n) is 8.48. The van der Waals surface area contributed by atoms with Crippen LogP contribution in [0.5, 0.6) is 0 Å². The average Bonchev–Trinajstić information content (AvgIpc) is 2.61. The van der Waals surface area contributed by atoms with Gasteiger partial charge in [0, 0.05) is 3.42 Å². The summed E-state index contributed by atoms with van der Waals surface area (Å²) in [7, 11) is 0. The molecule has 0 unspecified atom stereocenters. The fraction of sp³-hybridized carbons (Fsp3) is 0.760. The maximum absolute atomic E-state index is 2.57. The molecule has 0 aliphatic heterocycles. The van der Waals surface area contributed by atoms with Crippen molar-refractivity contribution < 1.29 is 0 Å². The Balaban J connectivity index is 1.96. The number of unbranched alkanes of at least 4 members (excludes halogenated alkanes) is 13. The van der Waals surface area contributed by atoms with Crippen molar-refractivity contribution in [3.05, 3.63) is 35.4 Å². The fourth-order valence-corrected chi connectivity index (χ4v) is 4.35. The molecule has 0 bridgehead atoms. The molecular weight excluding hydrogens is 427 g/mol. The molecule has 1 rings (SSSR count). The summed E-state index contributed by atoms with van der Waals surface area (Å²) in [5, 5.41) is 0. The Bertz CT molecular complexity index is 444. The predicted molar refractivity (Wildman–Crippen MR) is 128 cm³/mol. The molecule has 0 fully saturated rings. The van der Waals surface area contributed by atoms with Gasteiger partial charge < -0.3 is 0 Å². The van der Waals surface area contributed by atoms with Crippen molar-refractivity contribution >= 4 is 22.6 Å². The van der Waals surface area contributed by atoms with Crippen LogP contribution in [0.1, 0.15) is 122 Å². The highest BCUT2D eigenvalue weighted by atomic mass is 127. The number of hydrogen-bond donors (Lipinski definition) is 0. The van der Waals surface area contributed by atoms with E-state index in [0.717, 1.165) is 0 Å². The van der Waals surface area contributed by atoms with Crippen molar-refractivity contribution in [3.63, 3.8) is 0 Å². The van der Waals surface area contributed by atoms with E-state index in [4.69, 9.17) is 0 Å². The Labute approximate surface area is 178 Å². The lowest BCUT2D eigenvalue weighted by molar-refractivity contribution is 0.535. The molecule has 0 aliphatic carbocycles. The summed E-state index contributed by atoms with van der Waals surface area (Å²) in [6, 6.07) is 9.03. The molecular formula is C25H43I. The molecule has 0 N–H and O–H groups in total. The number of benzene rings is 1. The van der Waals surface area contributed by atoms with E-state index in [0.29, 0.717) is 0 Å². The van der Waals surface area contributed by atoms with Crippen LogP contribution in [0.2, 0.25) is 0 Å². The van der Waals surface area contributed by atoms with Crippen LogP contribution >= 0.6 is 22.6 Å². The lowest BCUT2D eigenvalue weighted by atomic mass is 9.93. The van der Waals surface area contributed by atoms with Gasteiger partial charge in [-0.1, -0.05) is 137 Å². The summed E-state index contributed by atoms with van der Waals surface area (Å²) in [5.41, 5.74) is 3.08. The largest absolute Gasteiger partial charge is 0.0743 e. The molecule has 1 aromatic rings. The van der Waals surface area contributed by atoms with Crippen LogP contribution in [0.4, 0.5) is 0 Å². The Morgan fingerprint density at radius 1 is 0.654 bits per heavy atom. The van der Waals surface area contributed by atoms with Gasteiger partial charge in [-0.05, 0) is 37.8 Å². The molecule has 0 aliphatic rings. The van der Waals surface area contributed by atoms with Crippen molar-refractivity contribution in [2.45, 2.75) is 121 Å². The van der Waals surface area contributed by atoms with Crippen LogP contribution in [0.15, 0.2) is 24.3 Å². The molecule has 0 atom stereocenters. The summed E-state index contributed by atoms with van der Waals surface area (Å²) in [4.78, 5) is 0. The fourth-order valence-electron chi connectivity index (χ4n) is 3.83. The highest BCUT2D eigenvalue weighted by Gasteiger charge is 2.18. The van der Waals surface area contributed by atoms with Gasteiger partial charge in [-0.15, -0.1) is 0 Å². The minimum Gasteiger partial charge on any atom is -0.0743 e. The summed E-state index contributed by atoms with van der Waals surface area (Å²) in [6.07, 6.45) is 21.4. The third-order valence-corrected chi connectivity index (χ3v) is 6.04. The van der Waals surface area contributed by atoms with Crippen molar-refractivity contribution in [3.8, 4) is 0 Å². The SMILES string of the molecule is CCCCCCCCCCCCCCCCc1ccccc1C(C)(C)I. The molecule has 0 radical (unpaired) electrons. The monoisotopic (exact) mass is 470 g/mol. The van der Waals surface area contributed by atoms with Gasteiger partial charge >= 0.3 is 0 Å². The summed E-state index contributed by atoms with van der Waals surface area (Å²) in [5.74, 6) is 0. The second-order valence-corrected chi connectivity index (χ2v) is 11.2. The molecule has 0 saturated carbocycles. The van der Waals surface area contributed by atoms with Crippen LogP contribution in [-0.4, -0.2) is 0 Å². The van der Waals surface area contributed by atoms with E-state index in [1.807, 2.05) is 0 Å². The summed E-state index contributed by atoms with van der Waals surface area (Å²) >= 11 is 2.57. The first-order chi connectivity index (χ1) is 12.6. The maximum Gasteiger partial charge on any atom is 0.0416 e. The molecule has 0 spiro atoms. The van der Waals surface area contributed by atoms with E-state index in [1.54, 1.807) is 5.56 Å². The van der Waals surface area contributed by atoms with Gasteiger partial charge in [-0.2, -0.15) is 0 Å². The van der Waals surface area contributed by atoms with Crippen molar-refractivity contribution in [1.29, 1.82) is 0 Å². The third kappa shape index (κ3) is 11.6. The van der Waals surface area contributed by atoms with Gasteiger partial charge in [0.2, 0.25) is 0 Å². The van der Waals surface area contributed by atoms with Gasteiger partial charge in [0.1, 0.15) is 0 Å². The first kappa shape index (κ1) is 24.0. The van der Waals surface area contributed by atoms with Gasteiger partial charge in [0.25, 0.3) is 0 Å². The van der Waals surface area contributed by atoms with Gasteiger partial charge in [-0.25, -0.2) is 0 Å². The third-order valence-electron chi connectivity index (χ3n) is 5.46. The molecule has 1 heteroatoms. The molecule has 26 heavy (non-hydrogen) atoms. The molecule has 0 aromatic heterocycles. The molecule has 0 heterocycles. The van der Waals surface area contributed by atoms with Crippen molar-refractivity contribution in [1.82, 2.24) is 0 Å². The van der Waals surface area contributed by atoms with Crippen molar-refractivity contribution in [2.75, 3.05) is 0 Å². The quantitative estimate of drug-likeness (QED) is 0.128. The van der Waals surface area contributed by atoms with Gasteiger partial charge in [-0.3, -0.25) is 0 Å². The first-order valence-corrected chi connectivity index (χ1v) is 12.4. The Kier molecular flexibility index (Phi) is 13.8. The van der Waals surface area contributed by atoms with Crippen LogP contribution in [-0.2, 0) is 9.84 Å². The van der Waals surface area contributed by atoms with Crippen LogP contribution in [0, 0.1) is 0 Å². The van der Waals surface area contributed by atoms with Crippen molar-refractivity contribution in [2.24, 2.45) is 0 Å². The Morgan fingerprint density at radius 2 is 1.08 bits per heavy atom. The molecule has 0 nitrogen and oxygen atoms in total. The topological polar surface area (TPSA) is 0 Å². The number of aryl methyl sites for hydroxylation is 1. The van der Waals surface area contributed by atoms with E-state index >= 15 is 0 Å². The Hall–Kier alpha value is -0.0500. The normalized spacial score (nSPS) is 11.8. The molecule has 0 saturated heterocycles. The van der Waals surface area contributed by atoms with E-state index in [9.17, 15) is 0 Å². The van der Waals surface area contributed by atoms with Crippen LogP contribution < -0.4 is 0 Å². The summed E-state index contributed by atoms with van der Waals surface area (Å²) in [6.45, 7) is 6.93. The lowest BCUT2D eigenvalue weighted by Gasteiger charge is -2.21. The van der Waals surface area contributed by atoms with Gasteiger partial charge in [0.15, 0.2) is 0 Å². The lowest BCUT2D eigenvalue weighted by Crippen LogP contribution is -2.10. The van der Waals surface area contributed by atoms with E-state index < -0.39 is 0 Å². The first-order valence-electron chi connectivity index (χ1n) is 11.3. The maximum atomic E-state index is 2.57. The minimum absolute atomic E-state index is 0.240. The summed E-state index contributed by atoms with van der Waals surface area (Å²) < 4.78 is 0.240. The minimum atomic E-state index is 0.240. The Morgan fingerprint density at radius 3 is 1.54 bits per heavy atom. The zero-order valence-corrected chi connectivity index (χ0v) is 20.0. The number of hydrogen-bond acceptors (Lipinski definition) is 0. The number of halogens is 1. The standard InChI is InChI=1S/C25H43I/c1-4-5-6-7-8-9-10-11-12-13-14-15-16-17-20-23-21-18-19-22-24(23)25(2,3)26/h18-19,21-22H,4-17,20H2,1-3H3. The van der Waals surface area contributed by atoms with Crippen LogP contribution in [0.3, 0.4) is 0 Å².